The standard InChI is InChI=1S/C20H20N4O4S/c1-27-19(26)16-10-14(11-21-16)17-12-29-20(22-17)23-18(25)13-2-4-15(5-3-13)24-6-8-28-9-7-24/h2-5,10-12,21H,6-9H2,1H3,(H,22,23,25). The molecule has 1 aromatic carbocycles. The third-order valence-corrected chi connectivity index (χ3v) is 5.37. The third-order valence-electron chi connectivity index (χ3n) is 4.61. The number of nitrogens with zero attached hydrogens (tertiary/aromatic N) is 2. The van der Waals surface area contributed by atoms with E-state index < -0.39 is 5.97 Å². The molecule has 0 aliphatic carbocycles. The summed E-state index contributed by atoms with van der Waals surface area (Å²) in [6, 6.07) is 9.17. The van der Waals surface area contributed by atoms with Crippen molar-refractivity contribution in [1.82, 2.24) is 9.97 Å². The van der Waals surface area contributed by atoms with Crippen LogP contribution in [-0.4, -0.2) is 55.3 Å². The molecule has 1 saturated heterocycles. The van der Waals surface area contributed by atoms with Crippen LogP contribution in [0.4, 0.5) is 10.8 Å². The second-order valence-corrected chi connectivity index (χ2v) is 7.29. The van der Waals surface area contributed by atoms with E-state index >= 15 is 0 Å². The minimum absolute atomic E-state index is 0.219. The Morgan fingerprint density at radius 2 is 2.00 bits per heavy atom. The molecular weight excluding hydrogens is 392 g/mol. The summed E-state index contributed by atoms with van der Waals surface area (Å²) in [5, 5.41) is 5.13. The van der Waals surface area contributed by atoms with Crippen molar-refractivity contribution >= 4 is 34.0 Å². The number of H-pyrrole nitrogens is 1. The molecule has 1 amide bonds. The van der Waals surface area contributed by atoms with Crippen LogP contribution in [-0.2, 0) is 9.47 Å². The molecule has 0 bridgehead atoms. The first kappa shape index (κ1) is 19.2. The van der Waals surface area contributed by atoms with Gasteiger partial charge in [0.15, 0.2) is 5.13 Å². The minimum atomic E-state index is -0.444. The molecule has 0 atom stereocenters. The van der Waals surface area contributed by atoms with Crippen LogP contribution in [0.15, 0.2) is 41.9 Å². The molecule has 1 aliphatic rings. The number of aromatic amines is 1. The fraction of sp³-hybridized carbons (Fsp3) is 0.250. The van der Waals surface area contributed by atoms with E-state index in [1.165, 1.54) is 18.4 Å². The molecule has 29 heavy (non-hydrogen) atoms. The predicted octanol–water partition coefficient (Wildman–Crippen LogP) is 3.01. The van der Waals surface area contributed by atoms with E-state index in [9.17, 15) is 9.59 Å². The van der Waals surface area contributed by atoms with Gasteiger partial charge in [0, 0.05) is 41.5 Å². The molecule has 1 fully saturated rings. The second kappa shape index (κ2) is 8.46. The van der Waals surface area contributed by atoms with Crippen LogP contribution in [0.3, 0.4) is 0 Å². The quantitative estimate of drug-likeness (QED) is 0.626. The lowest BCUT2D eigenvalue weighted by atomic mass is 10.2. The molecule has 0 radical (unpaired) electrons. The van der Waals surface area contributed by atoms with E-state index in [1.807, 2.05) is 29.6 Å². The average Bonchev–Trinajstić information content (AvgIpc) is 3.43. The van der Waals surface area contributed by atoms with E-state index in [1.54, 1.807) is 12.3 Å². The second-order valence-electron chi connectivity index (χ2n) is 6.43. The highest BCUT2D eigenvalue weighted by Gasteiger charge is 2.15. The monoisotopic (exact) mass is 412 g/mol. The van der Waals surface area contributed by atoms with Gasteiger partial charge in [-0.2, -0.15) is 0 Å². The number of anilines is 2. The molecule has 0 unspecified atom stereocenters. The molecule has 150 valence electrons. The molecule has 0 spiro atoms. The predicted molar refractivity (Wildman–Crippen MR) is 111 cm³/mol. The Bertz CT molecular complexity index is 1010. The molecule has 8 nitrogen and oxygen atoms in total. The Hall–Kier alpha value is -3.17. The number of ether oxygens (including phenoxy) is 2. The zero-order chi connectivity index (χ0) is 20.2. The summed E-state index contributed by atoms with van der Waals surface area (Å²) < 4.78 is 10.1. The van der Waals surface area contributed by atoms with Crippen LogP contribution in [0.2, 0.25) is 0 Å². The zero-order valence-corrected chi connectivity index (χ0v) is 16.6. The van der Waals surface area contributed by atoms with Gasteiger partial charge in [0.25, 0.3) is 5.91 Å². The van der Waals surface area contributed by atoms with Gasteiger partial charge in [-0.25, -0.2) is 9.78 Å². The molecule has 1 aliphatic heterocycles. The van der Waals surface area contributed by atoms with Crippen molar-refractivity contribution in [3.05, 3.63) is 53.2 Å². The van der Waals surface area contributed by atoms with E-state index in [0.29, 0.717) is 22.1 Å². The lowest BCUT2D eigenvalue weighted by molar-refractivity contribution is 0.0594. The molecule has 9 heteroatoms. The van der Waals surface area contributed by atoms with Crippen molar-refractivity contribution in [3.63, 3.8) is 0 Å². The Balaban J connectivity index is 1.41. The van der Waals surface area contributed by atoms with E-state index in [2.05, 4.69) is 24.9 Å². The highest BCUT2D eigenvalue weighted by Crippen LogP contribution is 2.26. The van der Waals surface area contributed by atoms with Crippen molar-refractivity contribution in [1.29, 1.82) is 0 Å². The van der Waals surface area contributed by atoms with Gasteiger partial charge in [-0.05, 0) is 30.3 Å². The molecule has 3 aromatic rings. The first-order valence-corrected chi connectivity index (χ1v) is 9.99. The summed E-state index contributed by atoms with van der Waals surface area (Å²) >= 11 is 1.32. The van der Waals surface area contributed by atoms with E-state index in [4.69, 9.17) is 4.74 Å². The van der Waals surface area contributed by atoms with Gasteiger partial charge in [-0.15, -0.1) is 11.3 Å². The lowest BCUT2D eigenvalue weighted by Gasteiger charge is -2.28. The smallest absolute Gasteiger partial charge is 0.354 e. The highest BCUT2D eigenvalue weighted by molar-refractivity contribution is 7.14. The topological polar surface area (TPSA) is 96.6 Å². The first-order chi connectivity index (χ1) is 14.1. The van der Waals surface area contributed by atoms with Crippen LogP contribution in [0.25, 0.3) is 11.3 Å². The third kappa shape index (κ3) is 4.30. The van der Waals surface area contributed by atoms with Gasteiger partial charge >= 0.3 is 5.97 Å². The number of rotatable bonds is 5. The first-order valence-electron chi connectivity index (χ1n) is 9.11. The number of hydrogen-bond acceptors (Lipinski definition) is 7. The lowest BCUT2D eigenvalue weighted by Crippen LogP contribution is -2.36. The summed E-state index contributed by atoms with van der Waals surface area (Å²) in [4.78, 5) is 33.6. The maximum Gasteiger partial charge on any atom is 0.354 e. The summed E-state index contributed by atoms with van der Waals surface area (Å²) in [6.45, 7) is 3.14. The number of carbonyl (C=O) groups is 2. The van der Waals surface area contributed by atoms with Crippen molar-refractivity contribution < 1.29 is 19.1 Å². The number of aromatic nitrogens is 2. The number of morpholine rings is 1. The summed E-state index contributed by atoms with van der Waals surface area (Å²) in [6.07, 6.45) is 1.68. The van der Waals surface area contributed by atoms with Crippen molar-refractivity contribution in [3.8, 4) is 11.3 Å². The van der Waals surface area contributed by atoms with Crippen LogP contribution in [0.1, 0.15) is 20.8 Å². The number of thiazole rings is 1. The molecule has 2 aromatic heterocycles. The minimum Gasteiger partial charge on any atom is -0.464 e. The van der Waals surface area contributed by atoms with Crippen molar-refractivity contribution in [2.75, 3.05) is 43.6 Å². The van der Waals surface area contributed by atoms with Crippen LogP contribution in [0, 0.1) is 0 Å². The molecule has 0 saturated carbocycles. The fourth-order valence-electron chi connectivity index (χ4n) is 3.05. The SMILES string of the molecule is COC(=O)c1cc(-c2csc(NC(=O)c3ccc(N4CCOCC4)cc3)n2)c[nH]1. The maximum atomic E-state index is 12.5. The van der Waals surface area contributed by atoms with Gasteiger partial charge in [0.1, 0.15) is 5.69 Å². The highest BCUT2D eigenvalue weighted by atomic mass is 32.1. The average molecular weight is 412 g/mol. The molecule has 3 heterocycles. The van der Waals surface area contributed by atoms with Gasteiger partial charge in [0.2, 0.25) is 0 Å². The Morgan fingerprint density at radius 3 is 2.72 bits per heavy atom. The largest absolute Gasteiger partial charge is 0.464 e. The van der Waals surface area contributed by atoms with E-state index in [0.717, 1.165) is 37.6 Å². The Morgan fingerprint density at radius 1 is 1.24 bits per heavy atom. The number of carbonyl (C=O) groups excluding carboxylic acids is 2. The number of hydrogen-bond donors (Lipinski definition) is 2. The zero-order valence-electron chi connectivity index (χ0n) is 15.8. The Labute approximate surface area is 171 Å². The maximum absolute atomic E-state index is 12.5. The van der Waals surface area contributed by atoms with Gasteiger partial charge < -0.3 is 19.4 Å². The molecular formula is C20H20N4O4S. The molecule has 2 N–H and O–H groups in total. The van der Waals surface area contributed by atoms with Gasteiger partial charge in [0.05, 0.1) is 26.0 Å². The number of esters is 1. The summed E-state index contributed by atoms with van der Waals surface area (Å²) in [5.41, 5.74) is 3.40. The summed E-state index contributed by atoms with van der Waals surface area (Å²) in [5.74, 6) is -0.663. The van der Waals surface area contributed by atoms with Gasteiger partial charge in [-0.3, -0.25) is 10.1 Å². The van der Waals surface area contributed by atoms with Crippen LogP contribution in [0.5, 0.6) is 0 Å². The van der Waals surface area contributed by atoms with Crippen LogP contribution >= 0.6 is 11.3 Å². The van der Waals surface area contributed by atoms with Crippen molar-refractivity contribution in [2.24, 2.45) is 0 Å². The fourth-order valence-corrected chi connectivity index (χ4v) is 3.76. The summed E-state index contributed by atoms with van der Waals surface area (Å²) in [7, 11) is 1.33. The van der Waals surface area contributed by atoms with Gasteiger partial charge in [-0.1, -0.05) is 0 Å². The number of benzene rings is 1. The van der Waals surface area contributed by atoms with E-state index in [-0.39, 0.29) is 5.91 Å². The normalized spacial score (nSPS) is 13.9. The number of methoxy groups -OCH3 is 1. The number of nitrogens with one attached hydrogen (secondary N) is 2. The number of amides is 1. The van der Waals surface area contributed by atoms with Crippen molar-refractivity contribution in [2.45, 2.75) is 0 Å². The Kier molecular flexibility index (Phi) is 5.59. The van der Waals surface area contributed by atoms with Crippen LogP contribution < -0.4 is 10.2 Å². The molecule has 4 rings (SSSR count).